The summed E-state index contributed by atoms with van der Waals surface area (Å²) in [4.78, 5) is 4.85. The highest BCUT2D eigenvalue weighted by atomic mass is 15.1. The van der Waals surface area contributed by atoms with E-state index in [1.54, 1.807) is 0 Å². The number of anilines is 6. The average Bonchev–Trinajstić information content (AvgIpc) is 3.88. The van der Waals surface area contributed by atoms with Gasteiger partial charge in [0, 0.05) is 45.0 Å². The minimum absolute atomic E-state index is 0.00275. The van der Waals surface area contributed by atoms with Gasteiger partial charge in [-0.1, -0.05) is 149 Å². The van der Waals surface area contributed by atoms with Gasteiger partial charge in [0.1, 0.15) is 0 Å². The maximum Gasteiger partial charge on any atom is 0.0465 e. The first-order valence-electron chi connectivity index (χ1n) is 21.8. The van der Waals surface area contributed by atoms with Crippen molar-refractivity contribution in [3.05, 3.63) is 204 Å². The van der Waals surface area contributed by atoms with Gasteiger partial charge in [-0.2, -0.15) is 0 Å². The van der Waals surface area contributed by atoms with Gasteiger partial charge >= 0.3 is 0 Å². The van der Waals surface area contributed by atoms with Crippen LogP contribution < -0.4 is 9.80 Å². The Balaban J connectivity index is 0.975. The van der Waals surface area contributed by atoms with Gasteiger partial charge in [0.05, 0.1) is 0 Å². The van der Waals surface area contributed by atoms with E-state index in [2.05, 4.69) is 200 Å². The van der Waals surface area contributed by atoms with Crippen LogP contribution in [0.5, 0.6) is 0 Å². The van der Waals surface area contributed by atoms with Crippen molar-refractivity contribution in [2.75, 3.05) is 9.80 Å². The second kappa shape index (κ2) is 15.1. The number of hydrogen-bond donors (Lipinski definition) is 0. The minimum Gasteiger partial charge on any atom is -0.311 e. The van der Waals surface area contributed by atoms with E-state index in [1.165, 1.54) is 131 Å². The summed E-state index contributed by atoms with van der Waals surface area (Å²) < 4.78 is 0. The molecular weight excluding hydrogens is 701 g/mol. The smallest absolute Gasteiger partial charge is 0.0465 e. The van der Waals surface area contributed by atoms with E-state index in [0.717, 1.165) is 0 Å². The summed E-state index contributed by atoms with van der Waals surface area (Å²) in [6.45, 7) is 4.73. The third-order valence-corrected chi connectivity index (χ3v) is 13.9. The van der Waals surface area contributed by atoms with Crippen LogP contribution >= 0.6 is 0 Å². The second-order valence-corrected chi connectivity index (χ2v) is 17.6. The van der Waals surface area contributed by atoms with Crippen molar-refractivity contribution in [2.45, 2.75) is 88.4 Å². The monoisotopic (exact) mass is 754 g/mol. The van der Waals surface area contributed by atoms with Crippen molar-refractivity contribution in [2.24, 2.45) is 0 Å². The Kier molecular flexibility index (Phi) is 9.52. The molecule has 0 unspecified atom stereocenters. The van der Waals surface area contributed by atoms with Gasteiger partial charge in [-0.05, 0) is 143 Å². The fourth-order valence-corrected chi connectivity index (χ4v) is 10.8. The minimum atomic E-state index is -0.0597. The fraction of sp³-hybridized carbons (Fsp3) is 0.250. The Labute approximate surface area is 345 Å². The van der Waals surface area contributed by atoms with E-state index >= 15 is 0 Å². The first kappa shape index (κ1) is 36.5. The molecule has 0 bridgehead atoms. The molecule has 0 amide bonds. The van der Waals surface area contributed by atoms with Crippen LogP contribution in [0.2, 0.25) is 0 Å². The van der Waals surface area contributed by atoms with Crippen molar-refractivity contribution in [3.63, 3.8) is 0 Å². The van der Waals surface area contributed by atoms with E-state index < -0.39 is 0 Å². The standard InChI is InChI=1S/C56H54N2/c1-55(2)53-23-13-12-22-51(53)52-37-36-50(40-54(52)55)58(46-20-10-5-11-21-46)49-34-28-44(29-35-49)56(38-14-15-39-56)43-26-32-48(33-27-43)57(45-18-8-4-9-19-45)47-30-24-42(25-31-47)41-16-6-3-7-17-41/h4-5,8-13,18-37,40-41H,3,6-7,14-17,38-39H2,1-2H3. The predicted octanol–water partition coefficient (Wildman–Crippen LogP) is 15.8. The second-order valence-electron chi connectivity index (χ2n) is 17.6. The maximum atomic E-state index is 2.43. The summed E-state index contributed by atoms with van der Waals surface area (Å²) in [5.41, 5.74) is 16.9. The molecule has 2 saturated carbocycles. The van der Waals surface area contributed by atoms with Crippen LogP contribution in [0.3, 0.4) is 0 Å². The molecule has 0 saturated heterocycles. The topological polar surface area (TPSA) is 6.48 Å². The van der Waals surface area contributed by atoms with E-state index in [1.807, 2.05) is 0 Å². The third kappa shape index (κ3) is 6.44. The Morgan fingerprint density at radius 2 is 0.845 bits per heavy atom. The molecule has 3 aliphatic carbocycles. The molecule has 7 aromatic rings. The molecule has 0 aliphatic heterocycles. The normalized spacial score (nSPS) is 16.7. The fourth-order valence-electron chi connectivity index (χ4n) is 10.8. The average molecular weight is 755 g/mol. The van der Waals surface area contributed by atoms with Crippen molar-refractivity contribution >= 4 is 34.1 Å². The highest BCUT2D eigenvalue weighted by molar-refractivity contribution is 5.85. The number of benzene rings is 7. The van der Waals surface area contributed by atoms with Crippen LogP contribution in [-0.2, 0) is 10.8 Å². The lowest BCUT2D eigenvalue weighted by molar-refractivity contribution is 0.443. The lowest BCUT2D eigenvalue weighted by Gasteiger charge is -2.33. The zero-order valence-corrected chi connectivity index (χ0v) is 34.1. The molecule has 58 heavy (non-hydrogen) atoms. The number of para-hydroxylation sites is 2. The van der Waals surface area contributed by atoms with Gasteiger partial charge in [-0.25, -0.2) is 0 Å². The molecule has 0 N–H and O–H groups in total. The van der Waals surface area contributed by atoms with Gasteiger partial charge in [0.2, 0.25) is 0 Å². The van der Waals surface area contributed by atoms with Crippen molar-refractivity contribution < 1.29 is 0 Å². The molecule has 2 heteroatoms. The highest BCUT2D eigenvalue weighted by Gasteiger charge is 2.38. The first-order chi connectivity index (χ1) is 28.5. The Bertz CT molecular complexity index is 2490. The lowest BCUT2D eigenvalue weighted by Crippen LogP contribution is -2.24. The molecule has 288 valence electrons. The van der Waals surface area contributed by atoms with Gasteiger partial charge < -0.3 is 9.80 Å². The van der Waals surface area contributed by atoms with Crippen LogP contribution in [0.15, 0.2) is 176 Å². The van der Waals surface area contributed by atoms with Crippen LogP contribution in [0.25, 0.3) is 11.1 Å². The summed E-state index contributed by atoms with van der Waals surface area (Å²) >= 11 is 0. The predicted molar refractivity (Wildman–Crippen MR) is 245 cm³/mol. The van der Waals surface area contributed by atoms with Gasteiger partial charge in [0.25, 0.3) is 0 Å². The molecule has 7 aromatic carbocycles. The van der Waals surface area contributed by atoms with Crippen LogP contribution in [0.4, 0.5) is 34.1 Å². The van der Waals surface area contributed by atoms with Gasteiger partial charge in [0.15, 0.2) is 0 Å². The summed E-state index contributed by atoms with van der Waals surface area (Å²) in [5.74, 6) is 0.704. The molecule has 2 nitrogen and oxygen atoms in total. The Hall–Kier alpha value is -5.86. The number of hydrogen-bond acceptors (Lipinski definition) is 2. The van der Waals surface area contributed by atoms with Gasteiger partial charge in [-0.15, -0.1) is 0 Å². The first-order valence-corrected chi connectivity index (χ1v) is 21.8. The third-order valence-electron chi connectivity index (χ3n) is 13.9. The maximum absolute atomic E-state index is 2.43. The van der Waals surface area contributed by atoms with Crippen LogP contribution in [0, 0.1) is 0 Å². The molecule has 10 rings (SSSR count). The molecule has 2 fully saturated rings. The van der Waals surface area contributed by atoms with E-state index in [-0.39, 0.29) is 10.8 Å². The van der Waals surface area contributed by atoms with E-state index in [9.17, 15) is 0 Å². The number of fused-ring (bicyclic) bond motifs is 3. The largest absolute Gasteiger partial charge is 0.311 e. The van der Waals surface area contributed by atoms with E-state index in [0.29, 0.717) is 5.92 Å². The van der Waals surface area contributed by atoms with Crippen LogP contribution in [0.1, 0.15) is 105 Å². The molecule has 0 atom stereocenters. The molecule has 0 radical (unpaired) electrons. The SMILES string of the molecule is CC1(C)c2ccccc2-c2ccc(N(c3ccccc3)c3ccc(C4(c5ccc(N(c6ccccc6)c6ccc(C7CCCCC7)cc6)cc5)CCCC4)cc3)cc21. The van der Waals surface area contributed by atoms with Gasteiger partial charge in [-0.3, -0.25) is 0 Å². The molecule has 3 aliphatic rings. The molecular formula is C56H54N2. The highest BCUT2D eigenvalue weighted by Crippen LogP contribution is 2.52. The zero-order valence-electron chi connectivity index (χ0n) is 34.1. The Morgan fingerprint density at radius 3 is 1.41 bits per heavy atom. The summed E-state index contributed by atoms with van der Waals surface area (Å²) in [7, 11) is 0. The number of nitrogens with zero attached hydrogens (tertiary/aromatic N) is 2. The summed E-state index contributed by atoms with van der Waals surface area (Å²) in [6.07, 6.45) is 11.6. The number of rotatable bonds is 9. The van der Waals surface area contributed by atoms with E-state index in [4.69, 9.17) is 0 Å². The van der Waals surface area contributed by atoms with Crippen LogP contribution in [-0.4, -0.2) is 0 Å². The van der Waals surface area contributed by atoms with Crippen molar-refractivity contribution in [1.82, 2.24) is 0 Å². The molecule has 0 aromatic heterocycles. The molecule has 0 heterocycles. The van der Waals surface area contributed by atoms with Crippen molar-refractivity contribution in [1.29, 1.82) is 0 Å². The lowest BCUT2D eigenvalue weighted by atomic mass is 9.73. The summed E-state index contributed by atoms with van der Waals surface area (Å²) in [6, 6.07) is 66.2. The zero-order chi connectivity index (χ0) is 39.1. The van der Waals surface area contributed by atoms with Crippen molar-refractivity contribution in [3.8, 4) is 11.1 Å². The molecule has 0 spiro atoms. The quantitative estimate of drug-likeness (QED) is 0.145. The Morgan fingerprint density at radius 1 is 0.397 bits per heavy atom. The summed E-state index contributed by atoms with van der Waals surface area (Å²) in [5, 5.41) is 0.